The minimum Gasteiger partial charge on any atom is -0.491 e. The summed E-state index contributed by atoms with van der Waals surface area (Å²) in [6.45, 7) is 6.43. The maximum Gasteiger partial charge on any atom is 0.261 e. The third kappa shape index (κ3) is 8.07. The number of nitrogens with zero attached hydrogens (tertiary/aromatic N) is 1. The number of nitrogens with one attached hydrogen (secondary N) is 1. The summed E-state index contributed by atoms with van der Waals surface area (Å²) in [6.07, 6.45) is 2.82. The Labute approximate surface area is 191 Å². The molecule has 0 fully saturated rings. The van der Waals surface area contributed by atoms with Crippen LogP contribution in [0.2, 0.25) is 0 Å². The van der Waals surface area contributed by atoms with Crippen molar-refractivity contribution >= 4 is 21.6 Å². The van der Waals surface area contributed by atoms with Crippen molar-refractivity contribution in [3.63, 3.8) is 0 Å². The van der Waals surface area contributed by atoms with Crippen molar-refractivity contribution in [2.75, 3.05) is 24.2 Å². The number of rotatable bonds is 12. The lowest BCUT2D eigenvalue weighted by molar-refractivity contribution is -0.128. The zero-order valence-corrected chi connectivity index (χ0v) is 20.3. The number of benzene rings is 2. The van der Waals surface area contributed by atoms with Gasteiger partial charge in [0, 0.05) is 13.6 Å². The van der Waals surface area contributed by atoms with E-state index in [1.165, 1.54) is 16.9 Å². The monoisotopic (exact) mass is 462 g/mol. The number of aryl methyl sites for hydroxylation is 1. The molecular weight excluding hydrogens is 428 g/mol. The smallest absolute Gasteiger partial charge is 0.261 e. The molecule has 0 spiro atoms. The zero-order valence-electron chi connectivity index (χ0n) is 19.5. The van der Waals surface area contributed by atoms with Crippen LogP contribution in [0, 0.1) is 0 Å². The van der Waals surface area contributed by atoms with Gasteiger partial charge < -0.3 is 14.8 Å². The minimum absolute atomic E-state index is 0.132. The highest BCUT2D eigenvalue weighted by atomic mass is 32.2. The standard InChI is InChI=1S/C24H34N2O5S/c1-6-23(31-21-14-12-20(13-15-21)26(4)32(5,28)29)24(27)25-16-8-10-19-9-7-11-22(17-19)30-18(2)3/h7,9,11-15,17-18,23H,6,8,10,16H2,1-5H3,(H,25,27)/t23-/m1/s1. The van der Waals surface area contributed by atoms with E-state index in [1.807, 2.05) is 39.0 Å². The Morgan fingerprint density at radius 2 is 1.75 bits per heavy atom. The number of sulfonamides is 1. The fourth-order valence-electron chi connectivity index (χ4n) is 3.08. The van der Waals surface area contributed by atoms with E-state index in [2.05, 4.69) is 11.4 Å². The molecule has 176 valence electrons. The van der Waals surface area contributed by atoms with Gasteiger partial charge in [-0.25, -0.2) is 8.42 Å². The summed E-state index contributed by atoms with van der Waals surface area (Å²) in [5, 5.41) is 2.94. The van der Waals surface area contributed by atoms with Crippen LogP contribution in [0.25, 0.3) is 0 Å². The Balaban J connectivity index is 1.83. The molecule has 0 aliphatic rings. The van der Waals surface area contributed by atoms with Gasteiger partial charge in [-0.05, 0) is 75.1 Å². The van der Waals surface area contributed by atoms with Crippen LogP contribution in [-0.4, -0.2) is 46.4 Å². The van der Waals surface area contributed by atoms with Crippen LogP contribution in [0.15, 0.2) is 48.5 Å². The van der Waals surface area contributed by atoms with Crippen LogP contribution in [0.3, 0.4) is 0 Å². The maximum absolute atomic E-state index is 12.5. The van der Waals surface area contributed by atoms with Crippen molar-refractivity contribution in [1.29, 1.82) is 0 Å². The number of carbonyl (C=O) groups excluding carboxylic acids is 1. The van der Waals surface area contributed by atoms with Crippen molar-refractivity contribution in [2.24, 2.45) is 0 Å². The molecule has 7 nitrogen and oxygen atoms in total. The van der Waals surface area contributed by atoms with Crippen LogP contribution in [0.4, 0.5) is 5.69 Å². The Bertz CT molecular complexity index is 974. The molecule has 1 atom stereocenters. The number of anilines is 1. The van der Waals surface area contributed by atoms with Crippen molar-refractivity contribution in [1.82, 2.24) is 5.32 Å². The molecule has 0 radical (unpaired) electrons. The molecule has 2 aromatic rings. The lowest BCUT2D eigenvalue weighted by Crippen LogP contribution is -2.38. The average Bonchev–Trinajstić information content (AvgIpc) is 2.74. The van der Waals surface area contributed by atoms with Crippen LogP contribution in [0.1, 0.15) is 39.2 Å². The summed E-state index contributed by atoms with van der Waals surface area (Å²) in [5.74, 6) is 1.20. The van der Waals surface area contributed by atoms with Gasteiger partial charge in [0.15, 0.2) is 6.10 Å². The normalized spacial score (nSPS) is 12.3. The molecule has 0 saturated heterocycles. The van der Waals surface area contributed by atoms with Crippen molar-refractivity contribution in [3.8, 4) is 11.5 Å². The van der Waals surface area contributed by atoms with Gasteiger partial charge in [0.05, 0.1) is 18.0 Å². The molecule has 2 rings (SSSR count). The fraction of sp³-hybridized carbons (Fsp3) is 0.458. The van der Waals surface area contributed by atoms with Gasteiger partial charge in [-0.3, -0.25) is 9.10 Å². The molecule has 0 unspecified atom stereocenters. The number of ether oxygens (including phenoxy) is 2. The van der Waals surface area contributed by atoms with Gasteiger partial charge in [-0.15, -0.1) is 0 Å². The Morgan fingerprint density at radius 1 is 1.06 bits per heavy atom. The maximum atomic E-state index is 12.5. The van der Waals surface area contributed by atoms with Crippen molar-refractivity contribution in [2.45, 2.75) is 52.2 Å². The second-order valence-electron chi connectivity index (χ2n) is 7.95. The predicted octanol–water partition coefficient (Wildman–Crippen LogP) is 3.78. The first-order chi connectivity index (χ1) is 15.1. The van der Waals surface area contributed by atoms with Crippen LogP contribution in [-0.2, 0) is 21.2 Å². The molecule has 0 bridgehead atoms. The van der Waals surface area contributed by atoms with E-state index in [0.717, 1.165) is 24.8 Å². The molecule has 0 aliphatic carbocycles. The van der Waals surface area contributed by atoms with Gasteiger partial charge in [0.1, 0.15) is 11.5 Å². The highest BCUT2D eigenvalue weighted by molar-refractivity contribution is 7.92. The van der Waals surface area contributed by atoms with E-state index in [4.69, 9.17) is 9.47 Å². The molecule has 32 heavy (non-hydrogen) atoms. The third-order valence-corrected chi connectivity index (χ3v) is 6.06. The summed E-state index contributed by atoms with van der Waals surface area (Å²) in [5.41, 5.74) is 1.69. The Kier molecular flexibility index (Phi) is 9.38. The van der Waals surface area contributed by atoms with E-state index >= 15 is 0 Å². The SMILES string of the molecule is CC[C@@H](Oc1ccc(N(C)S(C)(=O)=O)cc1)C(=O)NCCCc1cccc(OC(C)C)c1. The van der Waals surface area contributed by atoms with Crippen LogP contribution < -0.4 is 19.1 Å². The minimum atomic E-state index is -3.33. The van der Waals surface area contributed by atoms with Gasteiger partial charge in [-0.1, -0.05) is 19.1 Å². The van der Waals surface area contributed by atoms with E-state index < -0.39 is 16.1 Å². The predicted molar refractivity (Wildman–Crippen MR) is 128 cm³/mol. The van der Waals surface area contributed by atoms with Crippen molar-refractivity contribution in [3.05, 3.63) is 54.1 Å². The van der Waals surface area contributed by atoms with Crippen LogP contribution >= 0.6 is 0 Å². The van der Waals surface area contributed by atoms with E-state index in [-0.39, 0.29) is 12.0 Å². The third-order valence-electron chi connectivity index (χ3n) is 4.85. The number of amides is 1. The Morgan fingerprint density at radius 3 is 2.34 bits per heavy atom. The summed E-state index contributed by atoms with van der Waals surface area (Å²) in [6, 6.07) is 14.6. The number of carbonyl (C=O) groups is 1. The van der Waals surface area contributed by atoms with Crippen LogP contribution in [0.5, 0.6) is 11.5 Å². The highest BCUT2D eigenvalue weighted by Crippen LogP contribution is 2.21. The molecule has 0 aliphatic heterocycles. The molecule has 0 heterocycles. The molecule has 8 heteroatoms. The highest BCUT2D eigenvalue weighted by Gasteiger charge is 2.18. The van der Waals surface area contributed by atoms with Crippen molar-refractivity contribution < 1.29 is 22.7 Å². The molecule has 0 aromatic heterocycles. The summed E-state index contributed by atoms with van der Waals surface area (Å²) in [4.78, 5) is 12.5. The first-order valence-corrected chi connectivity index (χ1v) is 12.7. The topological polar surface area (TPSA) is 84.9 Å². The molecule has 0 saturated carbocycles. The second-order valence-corrected chi connectivity index (χ2v) is 9.96. The zero-order chi connectivity index (χ0) is 23.7. The van der Waals surface area contributed by atoms with Gasteiger partial charge in [0.2, 0.25) is 10.0 Å². The Hall–Kier alpha value is -2.74. The average molecular weight is 463 g/mol. The lowest BCUT2D eigenvalue weighted by Gasteiger charge is -2.19. The van der Waals surface area contributed by atoms with E-state index in [9.17, 15) is 13.2 Å². The first kappa shape index (κ1) is 25.5. The molecule has 1 amide bonds. The number of hydrogen-bond acceptors (Lipinski definition) is 5. The largest absolute Gasteiger partial charge is 0.491 e. The van der Waals surface area contributed by atoms with E-state index in [0.29, 0.717) is 24.4 Å². The van der Waals surface area contributed by atoms with Gasteiger partial charge >= 0.3 is 0 Å². The lowest BCUT2D eigenvalue weighted by atomic mass is 10.1. The first-order valence-electron chi connectivity index (χ1n) is 10.8. The molecular formula is C24H34N2O5S. The number of hydrogen-bond donors (Lipinski definition) is 1. The van der Waals surface area contributed by atoms with E-state index in [1.54, 1.807) is 24.3 Å². The molecule has 1 N–H and O–H groups in total. The summed E-state index contributed by atoms with van der Waals surface area (Å²) in [7, 11) is -1.84. The van der Waals surface area contributed by atoms with Gasteiger partial charge in [0.25, 0.3) is 5.91 Å². The van der Waals surface area contributed by atoms with Gasteiger partial charge in [-0.2, -0.15) is 0 Å². The molecule has 2 aromatic carbocycles. The fourth-order valence-corrected chi connectivity index (χ4v) is 3.58. The quantitative estimate of drug-likeness (QED) is 0.485. The second kappa shape index (κ2) is 11.8. The summed E-state index contributed by atoms with van der Waals surface area (Å²) < 4.78 is 36.0. The summed E-state index contributed by atoms with van der Waals surface area (Å²) >= 11 is 0.